The first kappa shape index (κ1) is 15.6. The molecule has 1 aromatic carbocycles. The molecule has 3 unspecified atom stereocenters. The van der Waals surface area contributed by atoms with Crippen LogP contribution < -0.4 is 5.73 Å². The molecule has 21 heavy (non-hydrogen) atoms. The number of fused-ring (bicyclic) bond motifs is 2. The maximum atomic E-state index is 6.39. The van der Waals surface area contributed by atoms with Crippen molar-refractivity contribution in [1.82, 2.24) is 9.80 Å². The zero-order valence-electron chi connectivity index (χ0n) is 12.4. The number of benzene rings is 1. The minimum atomic E-state index is 0.110. The number of halogens is 2. The maximum absolute atomic E-state index is 6.39. The van der Waals surface area contributed by atoms with Crippen molar-refractivity contribution in [3.05, 3.63) is 33.8 Å². The van der Waals surface area contributed by atoms with Gasteiger partial charge in [0.25, 0.3) is 0 Å². The summed E-state index contributed by atoms with van der Waals surface area (Å²) >= 11 is 12.8. The van der Waals surface area contributed by atoms with E-state index in [0.29, 0.717) is 12.6 Å². The lowest BCUT2D eigenvalue weighted by Crippen LogP contribution is -2.40. The van der Waals surface area contributed by atoms with Crippen molar-refractivity contribution >= 4 is 23.2 Å². The molecule has 3 nitrogen and oxygen atoms in total. The van der Waals surface area contributed by atoms with E-state index in [1.165, 1.54) is 19.3 Å². The number of nitrogens with zero attached hydrogens (tertiary/aromatic N) is 2. The Hall–Kier alpha value is -0.320. The molecule has 0 aromatic heterocycles. The third-order valence-electron chi connectivity index (χ3n) is 5.18. The van der Waals surface area contributed by atoms with E-state index in [9.17, 15) is 0 Å². The van der Waals surface area contributed by atoms with Gasteiger partial charge in [-0.25, -0.2) is 0 Å². The van der Waals surface area contributed by atoms with E-state index in [-0.39, 0.29) is 6.04 Å². The Bertz CT molecular complexity index is 488. The van der Waals surface area contributed by atoms with Gasteiger partial charge in [0, 0.05) is 47.3 Å². The molecule has 2 aliphatic heterocycles. The summed E-state index contributed by atoms with van der Waals surface area (Å²) in [5.41, 5.74) is 7.07. The van der Waals surface area contributed by atoms with Crippen LogP contribution in [0.25, 0.3) is 0 Å². The first-order valence-corrected chi connectivity index (χ1v) is 8.47. The fourth-order valence-corrected chi connectivity index (χ4v) is 4.55. The predicted octanol–water partition coefficient (Wildman–Crippen LogP) is 3.16. The quantitative estimate of drug-likeness (QED) is 0.925. The third kappa shape index (κ3) is 2.95. The molecule has 3 atom stereocenters. The van der Waals surface area contributed by atoms with Crippen molar-refractivity contribution in [1.29, 1.82) is 0 Å². The molecule has 0 aliphatic carbocycles. The summed E-state index contributed by atoms with van der Waals surface area (Å²) in [6.07, 6.45) is 3.81. The molecular weight excluding hydrogens is 305 g/mol. The highest BCUT2D eigenvalue weighted by Gasteiger charge is 2.37. The number of likely N-dealkylation sites (tertiary alicyclic amines) is 1. The van der Waals surface area contributed by atoms with E-state index in [0.717, 1.165) is 34.7 Å². The van der Waals surface area contributed by atoms with Crippen molar-refractivity contribution in [2.24, 2.45) is 5.73 Å². The maximum Gasteiger partial charge on any atom is 0.0500 e. The second-order valence-electron chi connectivity index (χ2n) is 6.22. The molecule has 0 radical (unpaired) electrons. The largest absolute Gasteiger partial charge is 0.329 e. The Kier molecular flexibility index (Phi) is 4.77. The van der Waals surface area contributed by atoms with E-state index < -0.39 is 0 Å². The van der Waals surface area contributed by atoms with Crippen LogP contribution in [0.3, 0.4) is 0 Å². The summed E-state index contributed by atoms with van der Waals surface area (Å²) in [6, 6.07) is 7.16. The van der Waals surface area contributed by atoms with Gasteiger partial charge >= 0.3 is 0 Å². The lowest BCUT2D eigenvalue weighted by atomic mass is 10.0. The highest BCUT2D eigenvalue weighted by Crippen LogP contribution is 2.36. The summed E-state index contributed by atoms with van der Waals surface area (Å²) in [4.78, 5) is 5.02. The topological polar surface area (TPSA) is 32.5 Å². The van der Waals surface area contributed by atoms with E-state index >= 15 is 0 Å². The smallest absolute Gasteiger partial charge is 0.0500 e. The Balaban J connectivity index is 1.87. The van der Waals surface area contributed by atoms with E-state index in [1.54, 1.807) is 0 Å². The van der Waals surface area contributed by atoms with Crippen molar-refractivity contribution in [2.75, 3.05) is 26.7 Å². The van der Waals surface area contributed by atoms with E-state index in [2.05, 4.69) is 16.8 Å². The molecule has 2 saturated heterocycles. The Morgan fingerprint density at radius 3 is 2.52 bits per heavy atom. The van der Waals surface area contributed by atoms with Crippen LogP contribution in [0.5, 0.6) is 0 Å². The lowest BCUT2D eigenvalue weighted by molar-refractivity contribution is 0.175. The average Bonchev–Trinajstić information content (AvgIpc) is 2.69. The highest BCUT2D eigenvalue weighted by atomic mass is 35.5. The van der Waals surface area contributed by atoms with Crippen LogP contribution in [0, 0.1) is 0 Å². The van der Waals surface area contributed by atoms with Crippen molar-refractivity contribution in [3.63, 3.8) is 0 Å². The number of likely N-dealkylation sites (N-methyl/N-ethyl adjacent to an activating group) is 1. The normalized spacial score (nSPS) is 28.6. The van der Waals surface area contributed by atoms with Gasteiger partial charge in [-0.05, 0) is 38.4 Å². The van der Waals surface area contributed by atoms with Crippen LogP contribution in [-0.4, -0.2) is 48.6 Å². The molecule has 1 aromatic rings. The molecule has 3 rings (SSSR count). The number of hydrogen-bond donors (Lipinski definition) is 1. The molecule has 5 heteroatoms. The average molecular weight is 328 g/mol. The number of hydrogen-bond acceptors (Lipinski definition) is 3. The second kappa shape index (κ2) is 6.43. The van der Waals surface area contributed by atoms with Crippen molar-refractivity contribution in [3.8, 4) is 0 Å². The van der Waals surface area contributed by atoms with Crippen LogP contribution in [-0.2, 0) is 0 Å². The summed E-state index contributed by atoms with van der Waals surface area (Å²) in [5.74, 6) is 0. The number of nitrogens with two attached hydrogens (primary N) is 1. The van der Waals surface area contributed by atoms with Crippen LogP contribution in [0.4, 0.5) is 0 Å². The van der Waals surface area contributed by atoms with Gasteiger partial charge in [0.15, 0.2) is 0 Å². The molecule has 0 amide bonds. The van der Waals surface area contributed by atoms with Gasteiger partial charge in [-0.3, -0.25) is 9.80 Å². The monoisotopic (exact) mass is 327 g/mol. The summed E-state index contributed by atoms with van der Waals surface area (Å²) < 4.78 is 0. The van der Waals surface area contributed by atoms with Gasteiger partial charge in [-0.1, -0.05) is 29.3 Å². The van der Waals surface area contributed by atoms with Crippen LogP contribution >= 0.6 is 23.2 Å². The minimum absolute atomic E-state index is 0.110. The lowest BCUT2D eigenvalue weighted by Gasteiger charge is -2.33. The van der Waals surface area contributed by atoms with Crippen LogP contribution in [0.1, 0.15) is 30.9 Å². The molecule has 2 N–H and O–H groups in total. The van der Waals surface area contributed by atoms with E-state index in [1.807, 2.05) is 18.2 Å². The molecule has 2 aliphatic rings. The molecule has 0 spiro atoms. The van der Waals surface area contributed by atoms with Gasteiger partial charge < -0.3 is 5.73 Å². The Labute approximate surface area is 137 Å². The molecule has 0 saturated carbocycles. The fraction of sp³-hybridized carbons (Fsp3) is 0.625. The second-order valence-corrected chi connectivity index (χ2v) is 7.04. The summed E-state index contributed by atoms with van der Waals surface area (Å²) in [6.45, 7) is 2.66. The summed E-state index contributed by atoms with van der Waals surface area (Å²) in [5, 5.41) is 1.45. The van der Waals surface area contributed by atoms with E-state index in [4.69, 9.17) is 28.9 Å². The standard InChI is InChI=1S/C16H23Cl2N3/c1-20-11-5-6-12(20)10-21(8-7-11)15(9-19)16-13(17)3-2-4-14(16)18/h2-4,11-12,15H,5-10,19H2,1H3. The van der Waals surface area contributed by atoms with Gasteiger partial charge in [-0.2, -0.15) is 0 Å². The van der Waals surface area contributed by atoms with Gasteiger partial charge in [-0.15, -0.1) is 0 Å². The van der Waals surface area contributed by atoms with Gasteiger partial charge in [0.2, 0.25) is 0 Å². The van der Waals surface area contributed by atoms with Crippen molar-refractivity contribution < 1.29 is 0 Å². The van der Waals surface area contributed by atoms with Crippen LogP contribution in [0.15, 0.2) is 18.2 Å². The van der Waals surface area contributed by atoms with Gasteiger partial charge in [0.1, 0.15) is 0 Å². The zero-order chi connectivity index (χ0) is 15.0. The number of rotatable bonds is 3. The molecule has 116 valence electrons. The molecule has 2 heterocycles. The molecule has 2 bridgehead atoms. The third-order valence-corrected chi connectivity index (χ3v) is 5.84. The Morgan fingerprint density at radius 2 is 1.86 bits per heavy atom. The molecule has 2 fully saturated rings. The highest BCUT2D eigenvalue weighted by molar-refractivity contribution is 6.36. The Morgan fingerprint density at radius 1 is 1.19 bits per heavy atom. The summed E-state index contributed by atoms with van der Waals surface area (Å²) in [7, 11) is 2.26. The van der Waals surface area contributed by atoms with Crippen LogP contribution in [0.2, 0.25) is 10.0 Å². The van der Waals surface area contributed by atoms with Gasteiger partial charge in [0.05, 0.1) is 6.04 Å². The zero-order valence-corrected chi connectivity index (χ0v) is 13.9. The minimum Gasteiger partial charge on any atom is -0.329 e. The van der Waals surface area contributed by atoms with Crippen molar-refractivity contribution in [2.45, 2.75) is 37.4 Å². The first-order chi connectivity index (χ1) is 10.1. The fourth-order valence-electron chi connectivity index (χ4n) is 3.90. The first-order valence-electron chi connectivity index (χ1n) is 7.71. The predicted molar refractivity (Wildman–Crippen MR) is 89.0 cm³/mol. The molecular formula is C16H23Cl2N3. The SMILES string of the molecule is CN1C2CCC1CN(C(CN)c1c(Cl)cccc1Cl)CC2.